The molecule has 1 fully saturated rings. The van der Waals surface area contributed by atoms with E-state index in [9.17, 15) is 0 Å². The first kappa shape index (κ1) is 20.9. The summed E-state index contributed by atoms with van der Waals surface area (Å²) in [4.78, 5) is 8.90. The molecule has 2 heterocycles. The molecule has 150 valence electrons. The number of para-hydroxylation sites is 1. The lowest BCUT2D eigenvalue weighted by atomic mass is 9.86. The Balaban J connectivity index is 0.00000225. The number of pyridine rings is 1. The zero-order chi connectivity index (χ0) is 18.7. The second-order valence-corrected chi connectivity index (χ2v) is 7.62. The number of aliphatic imine (C=N–C) groups is 1. The molecule has 1 spiro atoms. The molecule has 6 heteroatoms. The van der Waals surface area contributed by atoms with E-state index in [1.54, 1.807) is 0 Å². The number of nitrogens with one attached hydrogen (secondary N) is 2. The molecule has 0 bridgehead atoms. The number of ether oxygens (including phenoxy) is 1. The van der Waals surface area contributed by atoms with E-state index in [1.807, 2.05) is 19.3 Å². The minimum absolute atomic E-state index is 0. The van der Waals surface area contributed by atoms with E-state index in [-0.39, 0.29) is 35.6 Å². The molecule has 1 aliphatic heterocycles. The van der Waals surface area contributed by atoms with Crippen LogP contribution in [0.4, 0.5) is 0 Å². The van der Waals surface area contributed by atoms with Crippen LogP contribution in [0.3, 0.4) is 0 Å². The molecule has 1 aliphatic carbocycles. The van der Waals surface area contributed by atoms with Gasteiger partial charge in [0.05, 0.1) is 18.3 Å². The molecule has 0 saturated heterocycles. The van der Waals surface area contributed by atoms with Crippen molar-refractivity contribution in [3.8, 4) is 5.75 Å². The maximum atomic E-state index is 6.46. The Bertz CT molecular complexity index is 833. The average Bonchev–Trinajstić information content (AvgIpc) is 3.13. The van der Waals surface area contributed by atoms with E-state index in [2.05, 4.69) is 57.9 Å². The molecule has 5 nitrogen and oxygen atoms in total. The topological polar surface area (TPSA) is 58.5 Å². The Morgan fingerprint density at radius 2 is 2.00 bits per heavy atom. The van der Waals surface area contributed by atoms with Crippen LogP contribution in [0.5, 0.6) is 5.75 Å². The molecule has 4 rings (SSSR count). The van der Waals surface area contributed by atoms with Gasteiger partial charge in [0, 0.05) is 25.2 Å². The summed E-state index contributed by atoms with van der Waals surface area (Å²) in [5.74, 6) is 1.81. The maximum absolute atomic E-state index is 6.46. The van der Waals surface area contributed by atoms with Gasteiger partial charge >= 0.3 is 0 Å². The van der Waals surface area contributed by atoms with Crippen LogP contribution in [0, 0.1) is 6.92 Å². The first-order valence-corrected chi connectivity index (χ1v) is 9.85. The third kappa shape index (κ3) is 4.42. The van der Waals surface area contributed by atoms with Crippen molar-refractivity contribution in [2.45, 2.75) is 57.2 Å². The van der Waals surface area contributed by atoms with E-state index in [1.165, 1.54) is 24.0 Å². The molecule has 1 aromatic carbocycles. The molecule has 1 saturated carbocycles. The van der Waals surface area contributed by atoms with Crippen LogP contribution < -0.4 is 15.4 Å². The monoisotopic (exact) mass is 492 g/mol. The van der Waals surface area contributed by atoms with Crippen LogP contribution in [0.2, 0.25) is 0 Å². The number of hydrogen-bond donors (Lipinski definition) is 2. The number of aryl methyl sites for hydroxylation is 1. The van der Waals surface area contributed by atoms with E-state index < -0.39 is 0 Å². The number of hydrogen-bond acceptors (Lipinski definition) is 3. The second kappa shape index (κ2) is 9.11. The SMILES string of the molecule is CN=C(NCc1ncccc1C)NC1CC2(CCCC2)Oc2ccccc21.I. The van der Waals surface area contributed by atoms with E-state index in [4.69, 9.17) is 4.74 Å². The third-order valence-corrected chi connectivity index (χ3v) is 5.79. The van der Waals surface area contributed by atoms with Crippen molar-refractivity contribution >= 4 is 29.9 Å². The summed E-state index contributed by atoms with van der Waals surface area (Å²) < 4.78 is 6.46. The number of aromatic nitrogens is 1. The first-order chi connectivity index (χ1) is 13.2. The highest BCUT2D eigenvalue weighted by molar-refractivity contribution is 14.0. The van der Waals surface area contributed by atoms with E-state index in [0.29, 0.717) is 6.54 Å². The van der Waals surface area contributed by atoms with Crippen LogP contribution in [0.15, 0.2) is 47.6 Å². The van der Waals surface area contributed by atoms with Crippen LogP contribution in [0.25, 0.3) is 0 Å². The molecule has 1 atom stereocenters. The van der Waals surface area contributed by atoms with Crippen molar-refractivity contribution in [3.05, 3.63) is 59.4 Å². The van der Waals surface area contributed by atoms with Crippen LogP contribution >= 0.6 is 24.0 Å². The van der Waals surface area contributed by atoms with Crippen LogP contribution in [-0.2, 0) is 6.54 Å². The minimum Gasteiger partial charge on any atom is -0.487 e. The number of rotatable bonds is 3. The van der Waals surface area contributed by atoms with Crippen LogP contribution in [-0.4, -0.2) is 23.6 Å². The van der Waals surface area contributed by atoms with E-state index >= 15 is 0 Å². The van der Waals surface area contributed by atoms with Gasteiger partial charge in [0.25, 0.3) is 0 Å². The summed E-state index contributed by atoms with van der Waals surface area (Å²) in [5.41, 5.74) is 3.41. The van der Waals surface area contributed by atoms with Gasteiger partial charge in [-0.1, -0.05) is 24.3 Å². The summed E-state index contributed by atoms with van der Waals surface area (Å²) in [6.07, 6.45) is 7.59. The number of fused-ring (bicyclic) bond motifs is 1. The second-order valence-electron chi connectivity index (χ2n) is 7.62. The van der Waals surface area contributed by atoms with Crippen molar-refractivity contribution in [3.63, 3.8) is 0 Å². The average molecular weight is 492 g/mol. The van der Waals surface area contributed by atoms with E-state index in [0.717, 1.165) is 36.7 Å². The lowest BCUT2D eigenvalue weighted by Crippen LogP contribution is -2.46. The number of guanidine groups is 1. The highest BCUT2D eigenvalue weighted by atomic mass is 127. The molecule has 1 unspecified atom stereocenters. The highest BCUT2D eigenvalue weighted by Gasteiger charge is 2.43. The van der Waals surface area contributed by atoms with Crippen molar-refractivity contribution in [1.29, 1.82) is 0 Å². The first-order valence-electron chi connectivity index (χ1n) is 9.85. The van der Waals surface area contributed by atoms with Crippen molar-refractivity contribution < 1.29 is 4.74 Å². The normalized spacial score (nSPS) is 20.1. The standard InChI is InChI=1S/C22H28N4O.HI/c1-16-8-7-13-24-19(16)15-25-21(23-2)26-18-14-22(11-5-6-12-22)27-20-10-4-3-9-17(18)20;/h3-4,7-10,13,18H,5-6,11-12,14-15H2,1-2H3,(H2,23,25,26);1H. The quantitative estimate of drug-likeness (QED) is 0.376. The summed E-state index contributed by atoms with van der Waals surface area (Å²) >= 11 is 0. The summed E-state index contributed by atoms with van der Waals surface area (Å²) in [6, 6.07) is 12.6. The van der Waals surface area contributed by atoms with Gasteiger partial charge in [-0.05, 0) is 50.3 Å². The smallest absolute Gasteiger partial charge is 0.191 e. The predicted octanol–water partition coefficient (Wildman–Crippen LogP) is 4.51. The van der Waals surface area contributed by atoms with Gasteiger partial charge in [-0.2, -0.15) is 0 Å². The number of halogens is 1. The van der Waals surface area contributed by atoms with Crippen molar-refractivity contribution in [2.24, 2.45) is 4.99 Å². The fourth-order valence-corrected chi connectivity index (χ4v) is 4.30. The van der Waals surface area contributed by atoms with Crippen molar-refractivity contribution in [2.75, 3.05) is 7.05 Å². The number of nitrogens with zero attached hydrogens (tertiary/aromatic N) is 2. The lowest BCUT2D eigenvalue weighted by Gasteiger charge is -2.40. The summed E-state index contributed by atoms with van der Waals surface area (Å²) in [7, 11) is 1.82. The Hall–Kier alpha value is -1.83. The van der Waals surface area contributed by atoms with Crippen molar-refractivity contribution in [1.82, 2.24) is 15.6 Å². The van der Waals surface area contributed by atoms with Gasteiger partial charge in [0.2, 0.25) is 0 Å². The molecule has 1 aromatic heterocycles. The Kier molecular flexibility index (Phi) is 6.80. The highest BCUT2D eigenvalue weighted by Crippen LogP contribution is 2.46. The fourth-order valence-electron chi connectivity index (χ4n) is 4.30. The number of benzene rings is 1. The lowest BCUT2D eigenvalue weighted by molar-refractivity contribution is 0.0396. The fraction of sp³-hybridized carbons (Fsp3) is 0.455. The molecule has 2 N–H and O–H groups in total. The van der Waals surface area contributed by atoms with Gasteiger partial charge in [-0.25, -0.2) is 0 Å². The molecule has 0 amide bonds. The Labute approximate surface area is 184 Å². The minimum atomic E-state index is -0.0254. The molecule has 2 aliphatic rings. The summed E-state index contributed by atoms with van der Waals surface area (Å²) in [5, 5.41) is 7.05. The van der Waals surface area contributed by atoms with Gasteiger partial charge in [0.1, 0.15) is 11.4 Å². The largest absolute Gasteiger partial charge is 0.487 e. The van der Waals surface area contributed by atoms with Gasteiger partial charge in [-0.15, -0.1) is 24.0 Å². The Morgan fingerprint density at radius 1 is 1.21 bits per heavy atom. The molecule has 0 radical (unpaired) electrons. The summed E-state index contributed by atoms with van der Waals surface area (Å²) in [6.45, 7) is 2.74. The third-order valence-electron chi connectivity index (χ3n) is 5.79. The molecular formula is C22H29IN4O. The zero-order valence-electron chi connectivity index (χ0n) is 16.6. The van der Waals surface area contributed by atoms with Gasteiger partial charge in [-0.3, -0.25) is 9.98 Å². The zero-order valence-corrected chi connectivity index (χ0v) is 18.9. The molecule has 28 heavy (non-hydrogen) atoms. The molecule has 2 aromatic rings. The van der Waals surface area contributed by atoms with Gasteiger partial charge < -0.3 is 15.4 Å². The maximum Gasteiger partial charge on any atom is 0.191 e. The van der Waals surface area contributed by atoms with Crippen LogP contribution in [0.1, 0.15) is 55.0 Å². The predicted molar refractivity (Wildman–Crippen MR) is 123 cm³/mol. The molecular weight excluding hydrogens is 463 g/mol. The Morgan fingerprint density at radius 3 is 2.75 bits per heavy atom. The van der Waals surface area contributed by atoms with Gasteiger partial charge in [0.15, 0.2) is 5.96 Å².